The smallest absolute Gasteiger partial charge is 0.164 e. The van der Waals surface area contributed by atoms with Crippen molar-refractivity contribution in [1.29, 1.82) is 0 Å². The van der Waals surface area contributed by atoms with Gasteiger partial charge in [-0.3, -0.25) is 9.78 Å². The molecular weight excluding hydrogens is 286 g/mol. The lowest BCUT2D eigenvalue weighted by Crippen LogP contribution is -2.06. The zero-order valence-corrected chi connectivity index (χ0v) is 12.8. The molecule has 2 aromatic heterocycles. The lowest BCUT2D eigenvalue weighted by Gasteiger charge is -2.11. The van der Waals surface area contributed by atoms with E-state index in [9.17, 15) is 4.79 Å². The van der Waals surface area contributed by atoms with Crippen molar-refractivity contribution < 1.29 is 19.7 Å². The maximum absolute atomic E-state index is 10.8. The molecule has 0 aliphatic rings. The molecule has 0 unspecified atom stereocenters. The number of aldehydes is 1. The number of hydrogen-bond donors (Lipinski definition) is 0. The molecule has 0 aliphatic carbocycles. The van der Waals surface area contributed by atoms with E-state index >= 15 is 0 Å². The van der Waals surface area contributed by atoms with Gasteiger partial charge in [0.1, 0.15) is 12.4 Å². The molecule has 2 rings (SSSR count). The van der Waals surface area contributed by atoms with Crippen molar-refractivity contribution in [3.63, 3.8) is 0 Å². The number of ether oxygens (including phenoxy) is 2. The molecule has 0 radical (unpaired) electrons. The van der Waals surface area contributed by atoms with Gasteiger partial charge in [0.2, 0.25) is 0 Å². The fraction of sp³-hybridized carbons (Fsp3) is 0.333. The average molecular weight is 305 g/mol. The Balaban J connectivity index is 0.00000242. The summed E-state index contributed by atoms with van der Waals surface area (Å²) in [5.74, 6) is 1.14. The zero-order chi connectivity index (χ0) is 15.2. The SMILES string of the molecule is COCCOc1cc(C)ncc1-c1ncc(C=O)c(C)n1.O. The summed E-state index contributed by atoms with van der Waals surface area (Å²) in [6.07, 6.45) is 3.92. The fourth-order valence-electron chi connectivity index (χ4n) is 1.78. The minimum atomic E-state index is 0. The standard InChI is InChI=1S/C15H17N3O3.H2O/c1-10-6-14(21-5-4-20-3)13(8-16-10)15-17-7-12(9-19)11(2)18-15;/h6-9H,4-5H2,1-3H3;1H2. The van der Waals surface area contributed by atoms with E-state index in [1.165, 1.54) is 6.20 Å². The number of hydrogen-bond acceptors (Lipinski definition) is 6. The molecule has 0 fully saturated rings. The highest BCUT2D eigenvalue weighted by Gasteiger charge is 2.12. The molecule has 7 heteroatoms. The predicted molar refractivity (Wildman–Crippen MR) is 81.1 cm³/mol. The first-order valence-electron chi connectivity index (χ1n) is 6.53. The molecule has 0 aromatic carbocycles. The van der Waals surface area contributed by atoms with Crippen LogP contribution < -0.4 is 4.74 Å². The highest BCUT2D eigenvalue weighted by molar-refractivity contribution is 5.76. The van der Waals surface area contributed by atoms with Crippen LogP contribution in [0.2, 0.25) is 0 Å². The average Bonchev–Trinajstić information content (AvgIpc) is 2.47. The van der Waals surface area contributed by atoms with Crippen LogP contribution in [0.4, 0.5) is 0 Å². The maximum atomic E-state index is 10.8. The summed E-state index contributed by atoms with van der Waals surface area (Å²) in [6, 6.07) is 1.83. The third-order valence-electron chi connectivity index (χ3n) is 2.93. The molecule has 0 spiro atoms. The van der Waals surface area contributed by atoms with Gasteiger partial charge in [-0.1, -0.05) is 0 Å². The van der Waals surface area contributed by atoms with Crippen molar-refractivity contribution in [3.8, 4) is 17.1 Å². The van der Waals surface area contributed by atoms with Crippen LogP contribution in [0.15, 0.2) is 18.5 Å². The lowest BCUT2D eigenvalue weighted by molar-refractivity contribution is 0.112. The second kappa shape index (κ2) is 8.16. The van der Waals surface area contributed by atoms with Gasteiger partial charge in [0.25, 0.3) is 0 Å². The van der Waals surface area contributed by atoms with E-state index in [1.807, 2.05) is 13.0 Å². The highest BCUT2D eigenvalue weighted by Crippen LogP contribution is 2.27. The molecule has 2 heterocycles. The van der Waals surface area contributed by atoms with Crippen LogP contribution in [0.1, 0.15) is 21.7 Å². The normalized spacial score (nSPS) is 9.95. The largest absolute Gasteiger partial charge is 0.490 e. The van der Waals surface area contributed by atoms with Crippen molar-refractivity contribution in [1.82, 2.24) is 15.0 Å². The fourth-order valence-corrected chi connectivity index (χ4v) is 1.78. The first kappa shape index (κ1) is 17.7. The Hall–Kier alpha value is -2.38. The molecule has 118 valence electrons. The first-order valence-corrected chi connectivity index (χ1v) is 6.53. The molecule has 0 saturated carbocycles. The predicted octanol–water partition coefficient (Wildman–Crippen LogP) is 1.17. The molecule has 0 atom stereocenters. The number of methoxy groups -OCH3 is 1. The van der Waals surface area contributed by atoms with Crippen molar-refractivity contribution in [2.24, 2.45) is 0 Å². The Morgan fingerprint density at radius 3 is 2.59 bits per heavy atom. The van der Waals surface area contributed by atoms with E-state index in [2.05, 4.69) is 15.0 Å². The minimum Gasteiger partial charge on any atom is -0.490 e. The molecule has 0 aliphatic heterocycles. The highest BCUT2D eigenvalue weighted by atomic mass is 16.5. The van der Waals surface area contributed by atoms with E-state index < -0.39 is 0 Å². The Labute approximate surface area is 128 Å². The van der Waals surface area contributed by atoms with Gasteiger partial charge in [0.05, 0.1) is 23.4 Å². The Morgan fingerprint density at radius 2 is 1.95 bits per heavy atom. The zero-order valence-electron chi connectivity index (χ0n) is 12.8. The van der Waals surface area contributed by atoms with Gasteiger partial charge in [0, 0.05) is 31.3 Å². The molecule has 0 amide bonds. The van der Waals surface area contributed by atoms with Crippen LogP contribution >= 0.6 is 0 Å². The van der Waals surface area contributed by atoms with Crippen molar-refractivity contribution in [3.05, 3.63) is 35.4 Å². The summed E-state index contributed by atoms with van der Waals surface area (Å²) in [7, 11) is 1.62. The Morgan fingerprint density at radius 1 is 1.18 bits per heavy atom. The monoisotopic (exact) mass is 305 g/mol. The Bertz CT molecular complexity index is 647. The third-order valence-corrected chi connectivity index (χ3v) is 2.93. The number of rotatable bonds is 6. The number of carbonyl (C=O) groups excluding carboxylic acids is 1. The Kier molecular flexibility index (Phi) is 6.55. The van der Waals surface area contributed by atoms with E-state index in [0.717, 1.165) is 12.0 Å². The van der Waals surface area contributed by atoms with Crippen molar-refractivity contribution >= 4 is 6.29 Å². The topological polar surface area (TPSA) is 106 Å². The molecule has 22 heavy (non-hydrogen) atoms. The molecule has 2 N–H and O–H groups in total. The van der Waals surface area contributed by atoms with E-state index in [4.69, 9.17) is 9.47 Å². The van der Waals surface area contributed by atoms with Crippen LogP contribution in [0.3, 0.4) is 0 Å². The molecule has 7 nitrogen and oxygen atoms in total. The van der Waals surface area contributed by atoms with Gasteiger partial charge in [0.15, 0.2) is 12.1 Å². The number of pyridine rings is 1. The number of aryl methyl sites for hydroxylation is 2. The van der Waals surface area contributed by atoms with E-state index in [1.54, 1.807) is 20.2 Å². The molecular formula is C15H19N3O4. The summed E-state index contributed by atoms with van der Waals surface area (Å²) >= 11 is 0. The van der Waals surface area contributed by atoms with Crippen LogP contribution in [0.25, 0.3) is 11.4 Å². The van der Waals surface area contributed by atoms with Gasteiger partial charge in [-0.05, 0) is 13.8 Å². The van der Waals surface area contributed by atoms with Crippen molar-refractivity contribution in [2.45, 2.75) is 13.8 Å². The quantitative estimate of drug-likeness (QED) is 0.586. The number of nitrogens with zero attached hydrogens (tertiary/aromatic N) is 3. The summed E-state index contributed by atoms with van der Waals surface area (Å²) in [4.78, 5) is 23.6. The van der Waals surface area contributed by atoms with Gasteiger partial charge in [-0.15, -0.1) is 0 Å². The summed E-state index contributed by atoms with van der Waals surface area (Å²) in [5.41, 5.74) is 2.63. The van der Waals surface area contributed by atoms with Gasteiger partial charge in [-0.25, -0.2) is 9.97 Å². The second-order valence-corrected chi connectivity index (χ2v) is 4.52. The van der Waals surface area contributed by atoms with E-state index in [0.29, 0.717) is 41.6 Å². The lowest BCUT2D eigenvalue weighted by atomic mass is 10.2. The summed E-state index contributed by atoms with van der Waals surface area (Å²) in [6.45, 7) is 4.57. The summed E-state index contributed by atoms with van der Waals surface area (Å²) < 4.78 is 10.7. The molecule has 2 aromatic rings. The van der Waals surface area contributed by atoms with Crippen LogP contribution in [-0.2, 0) is 4.74 Å². The minimum absolute atomic E-state index is 0. The van der Waals surface area contributed by atoms with Crippen molar-refractivity contribution in [2.75, 3.05) is 20.3 Å². The van der Waals surface area contributed by atoms with Crippen LogP contribution in [0.5, 0.6) is 5.75 Å². The second-order valence-electron chi connectivity index (χ2n) is 4.52. The molecule has 0 bridgehead atoms. The molecule has 0 saturated heterocycles. The van der Waals surface area contributed by atoms with Gasteiger partial charge in [-0.2, -0.15) is 0 Å². The maximum Gasteiger partial charge on any atom is 0.164 e. The van der Waals surface area contributed by atoms with Crippen LogP contribution in [0, 0.1) is 13.8 Å². The van der Waals surface area contributed by atoms with Crippen LogP contribution in [-0.4, -0.2) is 47.0 Å². The first-order chi connectivity index (χ1) is 10.2. The van der Waals surface area contributed by atoms with E-state index in [-0.39, 0.29) is 5.48 Å². The number of carbonyl (C=O) groups is 1. The van der Waals surface area contributed by atoms with Gasteiger partial charge < -0.3 is 14.9 Å². The number of aromatic nitrogens is 3. The van der Waals surface area contributed by atoms with Gasteiger partial charge >= 0.3 is 0 Å². The third kappa shape index (κ3) is 4.06. The summed E-state index contributed by atoms with van der Waals surface area (Å²) in [5, 5.41) is 0.